The Bertz CT molecular complexity index is 988. The molecule has 1 aliphatic heterocycles. The maximum atomic E-state index is 9.94. The summed E-state index contributed by atoms with van der Waals surface area (Å²) in [6.45, 7) is 1.33. The van der Waals surface area contributed by atoms with Gasteiger partial charge in [-0.2, -0.15) is 0 Å². The minimum atomic E-state index is -0.0155. The quantitative estimate of drug-likeness (QED) is 0.659. The summed E-state index contributed by atoms with van der Waals surface area (Å²) in [5.41, 5.74) is 4.50. The third-order valence-electron chi connectivity index (χ3n) is 5.25. The van der Waals surface area contributed by atoms with Crippen molar-refractivity contribution in [3.8, 4) is 23.0 Å². The van der Waals surface area contributed by atoms with Gasteiger partial charge in [0.05, 0.1) is 20.3 Å². The molecule has 0 saturated heterocycles. The van der Waals surface area contributed by atoms with Crippen LogP contribution in [-0.2, 0) is 13.0 Å². The van der Waals surface area contributed by atoms with Gasteiger partial charge in [-0.25, -0.2) is 0 Å². The number of ether oxygens (including phenoxy) is 3. The molecule has 29 heavy (non-hydrogen) atoms. The number of nitrogens with one attached hydrogen (secondary N) is 1. The second-order valence-corrected chi connectivity index (χ2v) is 7.04. The van der Waals surface area contributed by atoms with Crippen LogP contribution in [0.2, 0.25) is 0 Å². The molecule has 3 aromatic carbocycles. The molecule has 0 bridgehead atoms. The molecule has 0 amide bonds. The number of fused-ring (bicyclic) bond motifs is 1. The number of hydrogen-bond donors (Lipinski definition) is 2. The van der Waals surface area contributed by atoms with Crippen molar-refractivity contribution in [3.05, 3.63) is 82.9 Å². The molecule has 3 aromatic rings. The molecule has 0 saturated carbocycles. The largest absolute Gasteiger partial charge is 0.504 e. The zero-order valence-electron chi connectivity index (χ0n) is 16.6. The molecule has 4 rings (SSSR count). The van der Waals surface area contributed by atoms with E-state index in [9.17, 15) is 5.11 Å². The van der Waals surface area contributed by atoms with Gasteiger partial charge < -0.3 is 24.6 Å². The SMILES string of the molecule is COc1cc(C2NCCc3cc(OC)c(OCc4ccccc4)cc32)ccc1O. The van der Waals surface area contributed by atoms with E-state index in [0.29, 0.717) is 12.4 Å². The number of aromatic hydroxyl groups is 1. The van der Waals surface area contributed by atoms with Gasteiger partial charge in [-0.05, 0) is 52.9 Å². The van der Waals surface area contributed by atoms with Crippen LogP contribution < -0.4 is 19.5 Å². The summed E-state index contributed by atoms with van der Waals surface area (Å²) < 4.78 is 17.0. The second-order valence-electron chi connectivity index (χ2n) is 7.04. The van der Waals surface area contributed by atoms with Crippen molar-refractivity contribution in [1.29, 1.82) is 0 Å². The molecule has 150 valence electrons. The first-order chi connectivity index (χ1) is 14.2. The van der Waals surface area contributed by atoms with E-state index in [4.69, 9.17) is 14.2 Å². The third kappa shape index (κ3) is 4.00. The van der Waals surface area contributed by atoms with Crippen molar-refractivity contribution in [2.45, 2.75) is 19.1 Å². The number of phenols is 1. The Hall–Kier alpha value is -3.18. The lowest BCUT2D eigenvalue weighted by Gasteiger charge is -2.29. The van der Waals surface area contributed by atoms with Gasteiger partial charge in [0.2, 0.25) is 0 Å². The highest BCUT2D eigenvalue weighted by Gasteiger charge is 2.25. The Kier molecular flexibility index (Phi) is 5.58. The maximum absolute atomic E-state index is 9.94. The van der Waals surface area contributed by atoms with Crippen molar-refractivity contribution in [2.75, 3.05) is 20.8 Å². The van der Waals surface area contributed by atoms with Gasteiger partial charge in [-0.15, -0.1) is 0 Å². The van der Waals surface area contributed by atoms with E-state index in [1.165, 1.54) is 5.56 Å². The first-order valence-electron chi connectivity index (χ1n) is 9.67. The predicted molar refractivity (Wildman–Crippen MR) is 112 cm³/mol. The van der Waals surface area contributed by atoms with Crippen LogP contribution in [0.4, 0.5) is 0 Å². The number of hydrogen-bond acceptors (Lipinski definition) is 5. The van der Waals surface area contributed by atoms with Crippen molar-refractivity contribution in [2.24, 2.45) is 0 Å². The fourth-order valence-electron chi connectivity index (χ4n) is 3.74. The second kappa shape index (κ2) is 8.45. The summed E-state index contributed by atoms with van der Waals surface area (Å²) in [6.07, 6.45) is 0.913. The molecule has 1 unspecified atom stereocenters. The fourth-order valence-corrected chi connectivity index (χ4v) is 3.74. The molecule has 0 aromatic heterocycles. The summed E-state index contributed by atoms with van der Waals surface area (Å²) >= 11 is 0. The molecule has 0 aliphatic carbocycles. The highest BCUT2D eigenvalue weighted by atomic mass is 16.5. The smallest absolute Gasteiger partial charge is 0.162 e. The molecule has 0 spiro atoms. The number of methoxy groups -OCH3 is 2. The van der Waals surface area contributed by atoms with E-state index >= 15 is 0 Å². The molecular formula is C24H25NO4. The predicted octanol–water partition coefficient (Wildman–Crippen LogP) is 4.22. The lowest BCUT2D eigenvalue weighted by Crippen LogP contribution is -2.30. The molecule has 5 heteroatoms. The molecule has 5 nitrogen and oxygen atoms in total. The Balaban J connectivity index is 1.68. The topological polar surface area (TPSA) is 60.0 Å². The van der Waals surface area contributed by atoms with E-state index in [2.05, 4.69) is 17.4 Å². The number of phenolic OH excluding ortho intramolecular Hbond substituents is 1. The first-order valence-corrected chi connectivity index (χ1v) is 9.67. The van der Waals surface area contributed by atoms with Gasteiger partial charge in [0, 0.05) is 6.54 Å². The van der Waals surface area contributed by atoms with Crippen LogP contribution in [0.15, 0.2) is 60.7 Å². The molecule has 1 heterocycles. The van der Waals surface area contributed by atoms with E-state index in [0.717, 1.165) is 41.2 Å². The zero-order valence-corrected chi connectivity index (χ0v) is 16.6. The summed E-state index contributed by atoms with van der Waals surface area (Å²) in [5, 5.41) is 13.5. The normalized spacial score (nSPS) is 15.4. The highest BCUT2D eigenvalue weighted by molar-refractivity contribution is 5.53. The van der Waals surface area contributed by atoms with Gasteiger partial charge >= 0.3 is 0 Å². The number of rotatable bonds is 6. The summed E-state index contributed by atoms with van der Waals surface area (Å²) in [7, 11) is 3.22. The van der Waals surface area contributed by atoms with Crippen LogP contribution in [0.25, 0.3) is 0 Å². The molecule has 2 N–H and O–H groups in total. The fraction of sp³-hybridized carbons (Fsp3) is 0.250. The Morgan fingerprint density at radius 3 is 2.48 bits per heavy atom. The maximum Gasteiger partial charge on any atom is 0.162 e. The van der Waals surface area contributed by atoms with E-state index < -0.39 is 0 Å². The first kappa shape index (κ1) is 19.2. The van der Waals surface area contributed by atoms with Crippen molar-refractivity contribution in [3.63, 3.8) is 0 Å². The van der Waals surface area contributed by atoms with Crippen molar-refractivity contribution < 1.29 is 19.3 Å². The molecule has 0 radical (unpaired) electrons. The van der Waals surface area contributed by atoms with Crippen LogP contribution in [0.3, 0.4) is 0 Å². The van der Waals surface area contributed by atoms with E-state index in [1.807, 2.05) is 42.5 Å². The zero-order chi connectivity index (χ0) is 20.2. The van der Waals surface area contributed by atoms with E-state index in [1.54, 1.807) is 20.3 Å². The average Bonchev–Trinajstić information content (AvgIpc) is 2.77. The van der Waals surface area contributed by atoms with E-state index in [-0.39, 0.29) is 11.8 Å². The van der Waals surface area contributed by atoms with Crippen LogP contribution in [0, 0.1) is 0 Å². The van der Waals surface area contributed by atoms with Crippen molar-refractivity contribution in [1.82, 2.24) is 5.32 Å². The Labute approximate surface area is 170 Å². The minimum Gasteiger partial charge on any atom is -0.504 e. The average molecular weight is 391 g/mol. The van der Waals surface area contributed by atoms with Crippen LogP contribution in [0.5, 0.6) is 23.0 Å². The third-order valence-corrected chi connectivity index (χ3v) is 5.25. The lowest BCUT2D eigenvalue weighted by molar-refractivity contribution is 0.283. The highest BCUT2D eigenvalue weighted by Crippen LogP contribution is 2.39. The summed E-state index contributed by atoms with van der Waals surface area (Å²) in [5.74, 6) is 2.05. The van der Waals surface area contributed by atoms with Crippen LogP contribution in [-0.4, -0.2) is 25.9 Å². The monoisotopic (exact) mass is 391 g/mol. The van der Waals surface area contributed by atoms with Crippen molar-refractivity contribution >= 4 is 0 Å². The lowest BCUT2D eigenvalue weighted by atomic mass is 9.89. The van der Waals surface area contributed by atoms with Crippen LogP contribution in [0.1, 0.15) is 28.3 Å². The van der Waals surface area contributed by atoms with Crippen LogP contribution >= 0.6 is 0 Å². The minimum absolute atomic E-state index is 0.0155. The van der Waals surface area contributed by atoms with Gasteiger partial charge in [-0.3, -0.25) is 0 Å². The Morgan fingerprint density at radius 1 is 0.931 bits per heavy atom. The van der Waals surface area contributed by atoms with Gasteiger partial charge in [-0.1, -0.05) is 36.4 Å². The molecule has 1 atom stereocenters. The standard InChI is InChI=1S/C24H25NO4/c1-27-21-13-18(8-9-20(21)26)24-19-14-23(29-15-16-6-4-3-5-7-16)22(28-2)12-17(19)10-11-25-24/h3-9,12-14,24-26H,10-11,15H2,1-2H3. The Morgan fingerprint density at radius 2 is 1.72 bits per heavy atom. The van der Waals surface area contributed by atoms with Gasteiger partial charge in [0.15, 0.2) is 23.0 Å². The van der Waals surface area contributed by atoms with Gasteiger partial charge in [0.1, 0.15) is 6.61 Å². The molecule has 1 aliphatic rings. The molecule has 0 fully saturated rings. The van der Waals surface area contributed by atoms with Gasteiger partial charge in [0.25, 0.3) is 0 Å². The molecular weight excluding hydrogens is 366 g/mol. The number of benzene rings is 3. The summed E-state index contributed by atoms with van der Waals surface area (Å²) in [6, 6.07) is 19.6. The summed E-state index contributed by atoms with van der Waals surface area (Å²) in [4.78, 5) is 0.